The van der Waals surface area contributed by atoms with Crippen LogP contribution in [0.25, 0.3) is 17.0 Å². The third-order valence-corrected chi connectivity index (χ3v) is 5.15. The molecule has 1 saturated carbocycles. The van der Waals surface area contributed by atoms with Crippen molar-refractivity contribution in [2.45, 2.75) is 32.1 Å². The van der Waals surface area contributed by atoms with Gasteiger partial charge in [-0.05, 0) is 30.9 Å². The summed E-state index contributed by atoms with van der Waals surface area (Å²) in [5.41, 5.74) is 9.64. The van der Waals surface area contributed by atoms with E-state index in [1.54, 1.807) is 0 Å². The first kappa shape index (κ1) is 14.7. The second-order valence-corrected chi connectivity index (χ2v) is 6.65. The molecule has 1 fully saturated rings. The van der Waals surface area contributed by atoms with Gasteiger partial charge in [0.1, 0.15) is 0 Å². The van der Waals surface area contributed by atoms with Gasteiger partial charge in [-0.15, -0.1) is 0 Å². The highest BCUT2D eigenvalue weighted by atomic mass is 79.9. The van der Waals surface area contributed by atoms with Crippen LogP contribution in [-0.2, 0) is 0 Å². The van der Waals surface area contributed by atoms with Crippen molar-refractivity contribution in [2.24, 2.45) is 11.7 Å². The number of rotatable bonds is 3. The van der Waals surface area contributed by atoms with Crippen LogP contribution in [0.5, 0.6) is 0 Å². The Morgan fingerprint density at radius 1 is 1.24 bits per heavy atom. The Kier molecular flexibility index (Phi) is 4.71. The fourth-order valence-corrected chi connectivity index (χ4v) is 3.74. The molecule has 0 bridgehead atoms. The minimum atomic E-state index is 0.648. The lowest BCUT2D eigenvalue weighted by Gasteiger charge is -2.24. The number of hydrogen-bond acceptors (Lipinski definition) is 2. The molecular weight excluding hydrogens is 324 g/mol. The fraction of sp³-hybridized carbons (Fsp3) is 0.389. The molecule has 0 radical (unpaired) electrons. The zero-order valence-corrected chi connectivity index (χ0v) is 13.8. The SMILES string of the molecule is NC/C(=C/c1ccc(Br)c2cccnc12)C1CCCCC1. The van der Waals surface area contributed by atoms with Gasteiger partial charge in [0.05, 0.1) is 5.52 Å². The Morgan fingerprint density at radius 2 is 2.05 bits per heavy atom. The van der Waals surface area contributed by atoms with Crippen LogP contribution in [0.2, 0.25) is 0 Å². The predicted octanol–water partition coefficient (Wildman–Crippen LogP) is 4.92. The Morgan fingerprint density at radius 3 is 2.81 bits per heavy atom. The van der Waals surface area contributed by atoms with E-state index >= 15 is 0 Å². The normalized spacial score (nSPS) is 17.3. The molecule has 0 unspecified atom stereocenters. The molecule has 3 rings (SSSR count). The van der Waals surface area contributed by atoms with E-state index in [2.05, 4.69) is 45.2 Å². The quantitative estimate of drug-likeness (QED) is 0.858. The molecule has 110 valence electrons. The van der Waals surface area contributed by atoms with Crippen molar-refractivity contribution in [3.8, 4) is 0 Å². The third kappa shape index (κ3) is 3.19. The van der Waals surface area contributed by atoms with Crippen LogP contribution in [0.1, 0.15) is 37.7 Å². The Balaban J connectivity index is 2.02. The van der Waals surface area contributed by atoms with Crippen LogP contribution in [-0.4, -0.2) is 11.5 Å². The van der Waals surface area contributed by atoms with Crippen molar-refractivity contribution < 1.29 is 0 Å². The lowest BCUT2D eigenvalue weighted by Crippen LogP contribution is -2.16. The van der Waals surface area contributed by atoms with Crippen molar-refractivity contribution >= 4 is 32.9 Å². The minimum Gasteiger partial charge on any atom is -0.327 e. The summed E-state index contributed by atoms with van der Waals surface area (Å²) in [6, 6.07) is 8.32. The molecule has 2 N–H and O–H groups in total. The molecule has 1 aliphatic rings. The van der Waals surface area contributed by atoms with Gasteiger partial charge in [-0.2, -0.15) is 0 Å². The van der Waals surface area contributed by atoms with Crippen molar-refractivity contribution in [1.82, 2.24) is 4.98 Å². The van der Waals surface area contributed by atoms with Crippen LogP contribution in [0, 0.1) is 5.92 Å². The average molecular weight is 345 g/mol. The molecule has 1 aliphatic carbocycles. The zero-order chi connectivity index (χ0) is 14.7. The summed E-state index contributed by atoms with van der Waals surface area (Å²) < 4.78 is 1.09. The lowest BCUT2D eigenvalue weighted by molar-refractivity contribution is 0.401. The molecule has 0 amide bonds. The summed E-state index contributed by atoms with van der Waals surface area (Å²) in [7, 11) is 0. The fourth-order valence-electron chi connectivity index (χ4n) is 3.29. The number of pyridine rings is 1. The highest BCUT2D eigenvalue weighted by Gasteiger charge is 2.17. The largest absolute Gasteiger partial charge is 0.327 e. The van der Waals surface area contributed by atoms with Gasteiger partial charge in [0.25, 0.3) is 0 Å². The van der Waals surface area contributed by atoms with Gasteiger partial charge in [-0.1, -0.05) is 59.0 Å². The van der Waals surface area contributed by atoms with Crippen molar-refractivity contribution in [1.29, 1.82) is 0 Å². The van der Waals surface area contributed by atoms with Crippen LogP contribution < -0.4 is 5.73 Å². The highest BCUT2D eigenvalue weighted by Crippen LogP contribution is 2.32. The van der Waals surface area contributed by atoms with Gasteiger partial charge in [0.15, 0.2) is 0 Å². The summed E-state index contributed by atoms with van der Waals surface area (Å²) >= 11 is 3.61. The van der Waals surface area contributed by atoms with E-state index < -0.39 is 0 Å². The van der Waals surface area contributed by atoms with E-state index in [-0.39, 0.29) is 0 Å². The first-order chi connectivity index (χ1) is 10.3. The van der Waals surface area contributed by atoms with E-state index in [1.165, 1.54) is 43.2 Å². The average Bonchev–Trinajstić information content (AvgIpc) is 2.55. The van der Waals surface area contributed by atoms with Crippen molar-refractivity contribution in [3.05, 3.63) is 46.1 Å². The Labute approximate surface area is 134 Å². The first-order valence-corrected chi connectivity index (χ1v) is 8.52. The molecule has 3 heteroatoms. The van der Waals surface area contributed by atoms with E-state index in [0.29, 0.717) is 12.5 Å². The summed E-state index contributed by atoms with van der Waals surface area (Å²) in [5, 5.41) is 1.16. The molecule has 1 heterocycles. The van der Waals surface area contributed by atoms with Crippen LogP contribution in [0.15, 0.2) is 40.5 Å². The highest BCUT2D eigenvalue weighted by molar-refractivity contribution is 9.10. The maximum atomic E-state index is 6.03. The predicted molar refractivity (Wildman–Crippen MR) is 93.0 cm³/mol. The van der Waals surface area contributed by atoms with E-state index in [1.807, 2.05) is 12.3 Å². The van der Waals surface area contributed by atoms with E-state index in [9.17, 15) is 0 Å². The van der Waals surface area contributed by atoms with Gasteiger partial charge in [-0.25, -0.2) is 0 Å². The second-order valence-electron chi connectivity index (χ2n) is 5.79. The monoisotopic (exact) mass is 344 g/mol. The molecule has 1 aromatic heterocycles. The molecule has 0 atom stereocenters. The number of nitrogens with zero attached hydrogens (tertiary/aromatic N) is 1. The maximum absolute atomic E-state index is 6.03. The topological polar surface area (TPSA) is 38.9 Å². The number of benzene rings is 1. The maximum Gasteiger partial charge on any atom is 0.0785 e. The number of fused-ring (bicyclic) bond motifs is 1. The third-order valence-electron chi connectivity index (χ3n) is 4.45. The molecule has 0 saturated heterocycles. The number of hydrogen-bond donors (Lipinski definition) is 1. The molecular formula is C18H21BrN2. The molecule has 2 aromatic rings. The van der Waals surface area contributed by atoms with Gasteiger partial charge in [-0.3, -0.25) is 4.98 Å². The van der Waals surface area contributed by atoms with Crippen LogP contribution in [0.4, 0.5) is 0 Å². The number of nitrogens with two attached hydrogens (primary N) is 1. The van der Waals surface area contributed by atoms with Gasteiger partial charge < -0.3 is 5.73 Å². The Hall–Kier alpha value is -1.19. The van der Waals surface area contributed by atoms with Crippen molar-refractivity contribution in [2.75, 3.05) is 6.54 Å². The van der Waals surface area contributed by atoms with E-state index in [0.717, 1.165) is 15.4 Å². The summed E-state index contributed by atoms with van der Waals surface area (Å²) in [5.74, 6) is 0.658. The van der Waals surface area contributed by atoms with Crippen molar-refractivity contribution in [3.63, 3.8) is 0 Å². The summed E-state index contributed by atoms with van der Waals surface area (Å²) in [6.07, 6.45) is 10.7. The van der Waals surface area contributed by atoms with Gasteiger partial charge >= 0.3 is 0 Å². The molecule has 0 aliphatic heterocycles. The van der Waals surface area contributed by atoms with Gasteiger partial charge in [0, 0.05) is 28.2 Å². The molecule has 1 aromatic carbocycles. The lowest BCUT2D eigenvalue weighted by atomic mass is 9.83. The van der Waals surface area contributed by atoms with Crippen LogP contribution >= 0.6 is 15.9 Å². The smallest absolute Gasteiger partial charge is 0.0785 e. The van der Waals surface area contributed by atoms with E-state index in [4.69, 9.17) is 5.73 Å². The molecule has 0 spiro atoms. The Bertz CT molecular complexity index is 657. The second kappa shape index (κ2) is 6.71. The first-order valence-electron chi connectivity index (χ1n) is 7.73. The standard InChI is InChI=1S/C18H21BrN2/c19-17-9-8-14(18-16(17)7-4-10-21-18)11-15(12-20)13-5-2-1-3-6-13/h4,7-11,13H,1-3,5-6,12,20H2/b15-11-. The summed E-state index contributed by atoms with van der Waals surface area (Å²) in [4.78, 5) is 4.56. The molecule has 21 heavy (non-hydrogen) atoms. The van der Waals surface area contributed by atoms with Crippen LogP contribution in [0.3, 0.4) is 0 Å². The number of halogens is 1. The minimum absolute atomic E-state index is 0.648. The summed E-state index contributed by atoms with van der Waals surface area (Å²) in [6.45, 7) is 0.648. The zero-order valence-electron chi connectivity index (χ0n) is 12.2. The molecule has 2 nitrogen and oxygen atoms in total. The van der Waals surface area contributed by atoms with Gasteiger partial charge in [0.2, 0.25) is 0 Å². The number of aromatic nitrogens is 1.